The lowest BCUT2D eigenvalue weighted by Gasteiger charge is -2.11. The summed E-state index contributed by atoms with van der Waals surface area (Å²) in [6, 6.07) is 27.3. The summed E-state index contributed by atoms with van der Waals surface area (Å²) in [7, 11) is 0. The highest BCUT2D eigenvalue weighted by molar-refractivity contribution is 5.80. The molecule has 0 aliphatic heterocycles. The van der Waals surface area contributed by atoms with Gasteiger partial charge in [-0.05, 0) is 41.5 Å². The van der Waals surface area contributed by atoms with E-state index in [4.69, 9.17) is 10.5 Å². The van der Waals surface area contributed by atoms with Crippen LogP contribution in [0.2, 0.25) is 0 Å². The summed E-state index contributed by atoms with van der Waals surface area (Å²) in [6.45, 7) is 0.468. The highest BCUT2D eigenvalue weighted by atomic mass is 19.1. The van der Waals surface area contributed by atoms with Crippen molar-refractivity contribution in [3.05, 3.63) is 102 Å². The molecule has 0 atom stereocenters. The molecule has 0 radical (unpaired) electrons. The first kappa shape index (κ1) is 19.2. The minimum Gasteiger partial charge on any atom is -0.489 e. The number of nitriles is 1. The zero-order chi connectivity index (χ0) is 20.9. The fourth-order valence-electron chi connectivity index (χ4n) is 3.18. The van der Waals surface area contributed by atoms with E-state index in [1.54, 1.807) is 18.2 Å². The third-order valence-electron chi connectivity index (χ3n) is 4.69. The van der Waals surface area contributed by atoms with Crippen LogP contribution in [0.15, 0.2) is 84.9 Å². The number of anilines is 1. The molecule has 0 aliphatic rings. The minimum atomic E-state index is -0.362. The lowest BCUT2D eigenvalue weighted by molar-refractivity contribution is 0.306. The second-order valence-electron chi connectivity index (χ2n) is 6.74. The number of pyridine rings is 1. The zero-order valence-electron chi connectivity index (χ0n) is 16.0. The van der Waals surface area contributed by atoms with Gasteiger partial charge in [-0.25, -0.2) is 9.37 Å². The molecule has 0 bridgehead atoms. The molecule has 1 heterocycles. The molecular weight excluding hydrogens is 377 g/mol. The molecule has 0 saturated heterocycles. The number of rotatable bonds is 5. The van der Waals surface area contributed by atoms with Gasteiger partial charge in [0.25, 0.3) is 0 Å². The first-order valence-corrected chi connectivity index (χ1v) is 9.38. The average molecular weight is 395 g/mol. The molecule has 0 fully saturated rings. The lowest BCUT2D eigenvalue weighted by atomic mass is 9.98. The summed E-state index contributed by atoms with van der Waals surface area (Å²) in [5.74, 6) is 0.464. The predicted octanol–water partition coefficient (Wildman–Crippen LogP) is 5.59. The molecular formula is C25H18FN3O. The molecule has 1 aromatic heterocycles. The Kier molecular flexibility index (Phi) is 5.40. The number of aromatic nitrogens is 1. The van der Waals surface area contributed by atoms with E-state index in [2.05, 4.69) is 11.1 Å². The van der Waals surface area contributed by atoms with Crippen molar-refractivity contribution in [2.75, 3.05) is 5.73 Å². The average Bonchev–Trinajstić information content (AvgIpc) is 2.78. The summed E-state index contributed by atoms with van der Waals surface area (Å²) in [6.07, 6.45) is 0. The molecule has 0 aliphatic carbocycles. The molecule has 0 amide bonds. The van der Waals surface area contributed by atoms with Crippen LogP contribution in [0, 0.1) is 17.1 Å². The Morgan fingerprint density at radius 1 is 0.900 bits per heavy atom. The van der Waals surface area contributed by atoms with Gasteiger partial charge in [0, 0.05) is 11.1 Å². The SMILES string of the molecule is N#Cc1c(-c2ccc(OCc3ccccc3)cc2)cc(-c2cccc(F)c2)nc1N. The third-order valence-corrected chi connectivity index (χ3v) is 4.69. The molecule has 146 valence electrons. The largest absolute Gasteiger partial charge is 0.489 e. The van der Waals surface area contributed by atoms with Crippen molar-refractivity contribution < 1.29 is 9.13 Å². The van der Waals surface area contributed by atoms with Gasteiger partial charge in [0.05, 0.1) is 5.69 Å². The maximum atomic E-state index is 13.6. The number of nitrogens with two attached hydrogens (primary N) is 1. The standard InChI is InChI=1S/C25H18FN3O/c26-20-8-4-7-19(13-20)24-14-22(23(15-27)25(28)29-24)18-9-11-21(12-10-18)30-16-17-5-2-1-3-6-17/h1-14H,16H2,(H2,28,29). The number of nitrogen functional groups attached to an aromatic ring is 1. The van der Waals surface area contributed by atoms with E-state index >= 15 is 0 Å². The van der Waals surface area contributed by atoms with Crippen molar-refractivity contribution in [1.82, 2.24) is 4.98 Å². The monoisotopic (exact) mass is 395 g/mol. The fraction of sp³-hybridized carbons (Fsp3) is 0.0400. The predicted molar refractivity (Wildman–Crippen MR) is 115 cm³/mol. The second-order valence-corrected chi connectivity index (χ2v) is 6.74. The van der Waals surface area contributed by atoms with Crippen molar-refractivity contribution >= 4 is 5.82 Å². The Bertz CT molecular complexity index is 1220. The van der Waals surface area contributed by atoms with Gasteiger partial charge >= 0.3 is 0 Å². The van der Waals surface area contributed by atoms with Crippen molar-refractivity contribution in [1.29, 1.82) is 5.26 Å². The van der Waals surface area contributed by atoms with E-state index in [9.17, 15) is 9.65 Å². The molecule has 0 spiro atoms. The van der Waals surface area contributed by atoms with Crippen LogP contribution in [0.4, 0.5) is 10.2 Å². The number of nitrogens with zero attached hydrogens (tertiary/aromatic N) is 2. The van der Waals surface area contributed by atoms with E-state index in [-0.39, 0.29) is 17.2 Å². The van der Waals surface area contributed by atoms with Crippen LogP contribution in [0.1, 0.15) is 11.1 Å². The van der Waals surface area contributed by atoms with Crippen molar-refractivity contribution in [3.63, 3.8) is 0 Å². The maximum Gasteiger partial charge on any atom is 0.142 e. The molecule has 4 rings (SSSR count). The first-order valence-electron chi connectivity index (χ1n) is 9.38. The van der Waals surface area contributed by atoms with Gasteiger partial charge in [0.1, 0.15) is 35.6 Å². The van der Waals surface area contributed by atoms with Crippen LogP contribution in [0.3, 0.4) is 0 Å². The topological polar surface area (TPSA) is 71.9 Å². The summed E-state index contributed by atoms with van der Waals surface area (Å²) in [5.41, 5.74) is 9.93. The van der Waals surface area contributed by atoms with Crippen molar-refractivity contribution in [2.24, 2.45) is 0 Å². The Labute approximate surface area is 174 Å². The molecule has 3 aromatic carbocycles. The number of benzene rings is 3. The van der Waals surface area contributed by atoms with Gasteiger partial charge in [-0.3, -0.25) is 0 Å². The molecule has 0 unspecified atom stereocenters. The van der Waals surface area contributed by atoms with Crippen molar-refractivity contribution in [3.8, 4) is 34.2 Å². The van der Waals surface area contributed by atoms with Crippen LogP contribution in [0.5, 0.6) is 5.75 Å². The van der Waals surface area contributed by atoms with Gasteiger partial charge in [-0.15, -0.1) is 0 Å². The Morgan fingerprint density at radius 3 is 2.37 bits per heavy atom. The van der Waals surface area contributed by atoms with Crippen LogP contribution < -0.4 is 10.5 Å². The second kappa shape index (κ2) is 8.46. The summed E-state index contributed by atoms with van der Waals surface area (Å²) >= 11 is 0. The molecule has 4 aromatic rings. The smallest absolute Gasteiger partial charge is 0.142 e. The van der Waals surface area contributed by atoms with E-state index in [1.807, 2.05) is 54.6 Å². The van der Waals surface area contributed by atoms with Gasteiger partial charge in [-0.2, -0.15) is 5.26 Å². The Hall–Kier alpha value is -4.17. The number of ether oxygens (including phenoxy) is 1. The Balaban J connectivity index is 1.65. The maximum absolute atomic E-state index is 13.6. The summed E-state index contributed by atoms with van der Waals surface area (Å²) in [4.78, 5) is 4.29. The molecule has 30 heavy (non-hydrogen) atoms. The van der Waals surface area contributed by atoms with Gasteiger partial charge < -0.3 is 10.5 Å². The lowest BCUT2D eigenvalue weighted by Crippen LogP contribution is -2.00. The third kappa shape index (κ3) is 4.13. The number of hydrogen-bond donors (Lipinski definition) is 1. The molecule has 4 nitrogen and oxygen atoms in total. The number of hydrogen-bond acceptors (Lipinski definition) is 4. The van der Waals surface area contributed by atoms with Crippen LogP contribution in [-0.2, 0) is 6.61 Å². The highest BCUT2D eigenvalue weighted by Gasteiger charge is 2.14. The van der Waals surface area contributed by atoms with E-state index in [0.29, 0.717) is 29.2 Å². The summed E-state index contributed by atoms with van der Waals surface area (Å²) in [5, 5.41) is 9.58. The van der Waals surface area contributed by atoms with Gasteiger partial charge in [0.15, 0.2) is 0 Å². The zero-order valence-corrected chi connectivity index (χ0v) is 16.0. The molecule has 5 heteroatoms. The quantitative estimate of drug-likeness (QED) is 0.478. The van der Waals surface area contributed by atoms with Crippen molar-refractivity contribution in [2.45, 2.75) is 6.61 Å². The summed E-state index contributed by atoms with van der Waals surface area (Å²) < 4.78 is 19.5. The normalized spacial score (nSPS) is 10.4. The van der Waals surface area contributed by atoms with Crippen LogP contribution in [0.25, 0.3) is 22.4 Å². The Morgan fingerprint density at radius 2 is 1.67 bits per heavy atom. The first-order chi connectivity index (χ1) is 14.6. The van der Waals surface area contributed by atoms with E-state index in [1.165, 1.54) is 12.1 Å². The van der Waals surface area contributed by atoms with Crippen LogP contribution >= 0.6 is 0 Å². The number of halogens is 1. The van der Waals surface area contributed by atoms with Gasteiger partial charge in [-0.1, -0.05) is 54.6 Å². The minimum absolute atomic E-state index is 0.110. The molecule has 0 saturated carbocycles. The van der Waals surface area contributed by atoms with E-state index in [0.717, 1.165) is 11.1 Å². The molecule has 2 N–H and O–H groups in total. The van der Waals surface area contributed by atoms with Crippen LogP contribution in [-0.4, -0.2) is 4.98 Å². The highest BCUT2D eigenvalue weighted by Crippen LogP contribution is 2.32. The van der Waals surface area contributed by atoms with Gasteiger partial charge in [0.2, 0.25) is 0 Å². The fourth-order valence-corrected chi connectivity index (χ4v) is 3.18. The van der Waals surface area contributed by atoms with E-state index < -0.39 is 0 Å².